The normalized spacial score (nSPS) is 10.6. The first kappa shape index (κ1) is 16.2. The predicted octanol–water partition coefficient (Wildman–Crippen LogP) is 4.48. The Kier molecular flexibility index (Phi) is 5.96. The Morgan fingerprint density at radius 2 is 2.10 bits per heavy atom. The minimum absolute atomic E-state index is 0.275. The van der Waals surface area contributed by atoms with Crippen molar-refractivity contribution in [2.75, 3.05) is 16.8 Å². The smallest absolute Gasteiger partial charge is 0.191 e. The number of nitrogens with two attached hydrogens (primary N) is 1. The number of hydrogen-bond donors (Lipinski definition) is 2. The Bertz CT molecular complexity index is 622. The molecule has 112 valence electrons. The van der Waals surface area contributed by atoms with Crippen LogP contribution in [0, 0.1) is 0 Å². The minimum atomic E-state index is 0.275. The van der Waals surface area contributed by atoms with E-state index in [0.717, 1.165) is 17.7 Å². The molecule has 2 aromatic rings. The van der Waals surface area contributed by atoms with Gasteiger partial charge in [0.2, 0.25) is 0 Å². The van der Waals surface area contributed by atoms with Crippen molar-refractivity contribution in [3.8, 4) is 0 Å². The lowest BCUT2D eigenvalue weighted by Gasteiger charge is -2.11. The monoisotopic (exact) mass is 342 g/mol. The van der Waals surface area contributed by atoms with Crippen LogP contribution in [0.2, 0.25) is 10.2 Å². The highest BCUT2D eigenvalue weighted by Gasteiger charge is 2.10. The van der Waals surface area contributed by atoms with Crippen LogP contribution in [0.1, 0.15) is 18.9 Å². The number of halogens is 2. The van der Waals surface area contributed by atoms with Crippen LogP contribution in [0.15, 0.2) is 29.4 Å². The lowest BCUT2D eigenvalue weighted by Crippen LogP contribution is -2.07. The van der Waals surface area contributed by atoms with Crippen molar-refractivity contribution in [3.05, 3.63) is 40.0 Å². The Morgan fingerprint density at radius 1 is 1.29 bits per heavy atom. The van der Waals surface area contributed by atoms with Crippen LogP contribution in [-0.4, -0.2) is 15.7 Å². The fraction of sp³-hybridized carbons (Fsp3) is 0.286. The third-order valence-corrected chi connectivity index (χ3v) is 4.24. The van der Waals surface area contributed by atoms with E-state index in [0.29, 0.717) is 28.2 Å². The van der Waals surface area contributed by atoms with Crippen molar-refractivity contribution < 1.29 is 0 Å². The second-order valence-electron chi connectivity index (χ2n) is 4.39. The van der Waals surface area contributed by atoms with Crippen LogP contribution in [-0.2, 0) is 6.54 Å². The molecule has 0 saturated carbocycles. The molecule has 2 rings (SSSR count). The molecular weight excluding hydrogens is 327 g/mol. The number of nitrogen functional groups attached to an aromatic ring is 1. The summed E-state index contributed by atoms with van der Waals surface area (Å²) in [7, 11) is 0. The minimum Gasteiger partial charge on any atom is -0.393 e. The summed E-state index contributed by atoms with van der Waals surface area (Å²) in [4.78, 5) is 8.58. The Labute approximate surface area is 138 Å². The number of rotatable bonds is 6. The van der Waals surface area contributed by atoms with Gasteiger partial charge in [0, 0.05) is 17.3 Å². The molecular formula is C14H16Cl2N4S. The van der Waals surface area contributed by atoms with E-state index in [1.165, 1.54) is 0 Å². The van der Waals surface area contributed by atoms with E-state index in [-0.39, 0.29) is 5.15 Å². The van der Waals surface area contributed by atoms with Crippen molar-refractivity contribution in [2.24, 2.45) is 0 Å². The van der Waals surface area contributed by atoms with E-state index >= 15 is 0 Å². The van der Waals surface area contributed by atoms with E-state index in [4.69, 9.17) is 28.9 Å². The summed E-state index contributed by atoms with van der Waals surface area (Å²) < 4.78 is 0. The highest BCUT2D eigenvalue weighted by atomic mass is 35.5. The maximum atomic E-state index is 6.05. The molecule has 0 aliphatic carbocycles. The third-order valence-electron chi connectivity index (χ3n) is 2.66. The molecule has 0 saturated heterocycles. The van der Waals surface area contributed by atoms with Gasteiger partial charge in [0.15, 0.2) is 16.1 Å². The largest absolute Gasteiger partial charge is 0.393 e. The first-order chi connectivity index (χ1) is 10.1. The molecule has 1 aromatic heterocycles. The molecule has 0 amide bonds. The maximum absolute atomic E-state index is 6.05. The quantitative estimate of drug-likeness (QED) is 0.460. The SMILES string of the molecule is CCCSc1nc(Cl)c(N)c(NCc2cccc(Cl)c2)n1. The standard InChI is InChI=1S/C14H16Cl2N4S/c1-2-6-21-14-19-12(16)11(17)13(20-14)18-8-9-4-3-5-10(15)7-9/h3-5,7H,2,6,8,17H2,1H3,(H,18,19,20). The van der Waals surface area contributed by atoms with Gasteiger partial charge in [-0.25, -0.2) is 9.97 Å². The molecule has 0 bridgehead atoms. The Morgan fingerprint density at radius 3 is 2.81 bits per heavy atom. The summed E-state index contributed by atoms with van der Waals surface area (Å²) in [5.41, 5.74) is 7.32. The number of hydrogen-bond acceptors (Lipinski definition) is 5. The molecule has 21 heavy (non-hydrogen) atoms. The maximum Gasteiger partial charge on any atom is 0.191 e. The number of aromatic nitrogens is 2. The van der Waals surface area contributed by atoms with Gasteiger partial charge in [0.25, 0.3) is 0 Å². The van der Waals surface area contributed by atoms with Crippen LogP contribution in [0.25, 0.3) is 0 Å². The first-order valence-corrected chi connectivity index (χ1v) is 8.28. The van der Waals surface area contributed by atoms with Gasteiger partial charge in [-0.3, -0.25) is 0 Å². The fourth-order valence-electron chi connectivity index (χ4n) is 1.65. The highest BCUT2D eigenvalue weighted by molar-refractivity contribution is 7.99. The molecule has 3 N–H and O–H groups in total. The van der Waals surface area contributed by atoms with Crippen molar-refractivity contribution in [3.63, 3.8) is 0 Å². The van der Waals surface area contributed by atoms with E-state index in [1.807, 2.05) is 24.3 Å². The van der Waals surface area contributed by atoms with Gasteiger partial charge in [-0.1, -0.05) is 54.0 Å². The van der Waals surface area contributed by atoms with Crippen LogP contribution in [0.5, 0.6) is 0 Å². The van der Waals surface area contributed by atoms with Crippen molar-refractivity contribution in [2.45, 2.75) is 25.0 Å². The summed E-state index contributed by atoms with van der Waals surface area (Å²) in [6.45, 7) is 2.67. The Balaban J connectivity index is 2.13. The van der Waals surface area contributed by atoms with Crippen molar-refractivity contribution in [1.82, 2.24) is 9.97 Å². The predicted molar refractivity (Wildman–Crippen MR) is 91.2 cm³/mol. The number of nitrogens with zero attached hydrogens (tertiary/aromatic N) is 2. The van der Waals surface area contributed by atoms with Gasteiger partial charge < -0.3 is 11.1 Å². The van der Waals surface area contributed by atoms with Crippen LogP contribution >= 0.6 is 35.0 Å². The van der Waals surface area contributed by atoms with Gasteiger partial charge in [-0.15, -0.1) is 0 Å². The van der Waals surface area contributed by atoms with Crippen LogP contribution in [0.4, 0.5) is 11.5 Å². The van der Waals surface area contributed by atoms with E-state index in [2.05, 4.69) is 22.2 Å². The zero-order chi connectivity index (χ0) is 15.2. The molecule has 4 nitrogen and oxygen atoms in total. The third kappa shape index (κ3) is 4.66. The van der Waals surface area contributed by atoms with Gasteiger partial charge in [0.05, 0.1) is 0 Å². The van der Waals surface area contributed by atoms with Crippen molar-refractivity contribution in [1.29, 1.82) is 0 Å². The van der Waals surface area contributed by atoms with Gasteiger partial charge in [0.1, 0.15) is 5.69 Å². The molecule has 0 aliphatic heterocycles. The molecule has 0 radical (unpaired) electrons. The van der Waals surface area contributed by atoms with Crippen LogP contribution < -0.4 is 11.1 Å². The number of nitrogens with one attached hydrogen (secondary N) is 1. The highest BCUT2D eigenvalue weighted by Crippen LogP contribution is 2.28. The van der Waals surface area contributed by atoms with E-state index < -0.39 is 0 Å². The number of anilines is 2. The summed E-state index contributed by atoms with van der Waals surface area (Å²) in [5, 5.41) is 4.78. The molecule has 0 unspecified atom stereocenters. The van der Waals surface area contributed by atoms with Gasteiger partial charge in [-0.2, -0.15) is 0 Å². The fourth-order valence-corrected chi connectivity index (χ4v) is 2.78. The van der Waals surface area contributed by atoms with E-state index in [1.54, 1.807) is 11.8 Å². The summed E-state index contributed by atoms with van der Waals surface area (Å²) in [6, 6.07) is 7.60. The van der Waals surface area contributed by atoms with Crippen molar-refractivity contribution >= 4 is 46.5 Å². The van der Waals surface area contributed by atoms with Gasteiger partial charge >= 0.3 is 0 Å². The molecule has 0 aliphatic rings. The summed E-state index contributed by atoms with van der Waals surface area (Å²) in [5.74, 6) is 1.49. The average molecular weight is 343 g/mol. The molecule has 1 aromatic carbocycles. The second-order valence-corrected chi connectivity index (χ2v) is 6.25. The zero-order valence-corrected chi connectivity index (χ0v) is 13.9. The topological polar surface area (TPSA) is 63.8 Å². The lowest BCUT2D eigenvalue weighted by molar-refractivity contribution is 0.953. The lowest BCUT2D eigenvalue weighted by atomic mass is 10.2. The molecule has 0 fully saturated rings. The molecule has 7 heteroatoms. The average Bonchev–Trinajstić information content (AvgIpc) is 2.47. The summed E-state index contributed by atoms with van der Waals surface area (Å²) in [6.07, 6.45) is 1.04. The number of benzene rings is 1. The summed E-state index contributed by atoms with van der Waals surface area (Å²) >= 11 is 13.6. The molecule has 0 spiro atoms. The number of thioether (sulfide) groups is 1. The van der Waals surface area contributed by atoms with E-state index in [9.17, 15) is 0 Å². The Hall–Kier alpha value is -1.17. The van der Waals surface area contributed by atoms with Gasteiger partial charge in [-0.05, 0) is 24.1 Å². The van der Waals surface area contributed by atoms with Crippen LogP contribution in [0.3, 0.4) is 0 Å². The second kappa shape index (κ2) is 7.73. The zero-order valence-electron chi connectivity index (χ0n) is 11.6. The molecule has 0 atom stereocenters. The first-order valence-electron chi connectivity index (χ1n) is 6.54. The molecule has 1 heterocycles.